The van der Waals surface area contributed by atoms with Gasteiger partial charge >= 0.3 is 0 Å². The maximum atomic E-state index is 14.0. The van der Waals surface area contributed by atoms with E-state index in [0.717, 1.165) is 53.9 Å². The number of nitrogens with one attached hydrogen (secondary N) is 1. The van der Waals surface area contributed by atoms with Gasteiger partial charge in [0, 0.05) is 58.6 Å². The molecule has 234 valence electrons. The summed E-state index contributed by atoms with van der Waals surface area (Å²) in [5.41, 5.74) is 4.69. The van der Waals surface area contributed by atoms with Crippen LogP contribution in [0.15, 0.2) is 65.0 Å². The number of ketones is 2. The van der Waals surface area contributed by atoms with Gasteiger partial charge in [0.05, 0.1) is 6.61 Å². The van der Waals surface area contributed by atoms with E-state index in [4.69, 9.17) is 21.1 Å². The Hall–Kier alpha value is -3.58. The van der Waals surface area contributed by atoms with Crippen molar-refractivity contribution in [2.75, 3.05) is 25.1 Å². The van der Waals surface area contributed by atoms with Gasteiger partial charge in [0.25, 0.3) is 5.91 Å². The summed E-state index contributed by atoms with van der Waals surface area (Å²) in [7, 11) is 0. The Morgan fingerprint density at radius 1 is 0.864 bits per heavy atom. The summed E-state index contributed by atoms with van der Waals surface area (Å²) >= 11 is 5.95. The number of hydrogen-bond donors (Lipinski definition) is 1. The molecule has 0 saturated carbocycles. The number of carbonyl (C=O) groups is 3. The summed E-state index contributed by atoms with van der Waals surface area (Å²) in [6.45, 7) is 13.6. The fraction of sp³-hybridized carbons (Fsp3) is 0.472. The number of Topliss-reactive ketones (excluding diaryl/α,β-unsaturated/α-hetero) is 2. The minimum absolute atomic E-state index is 0.101. The minimum atomic E-state index is -0.471. The zero-order valence-electron chi connectivity index (χ0n) is 26.6. The molecule has 44 heavy (non-hydrogen) atoms. The van der Waals surface area contributed by atoms with Crippen LogP contribution in [0.1, 0.15) is 85.1 Å². The van der Waals surface area contributed by atoms with E-state index < -0.39 is 5.92 Å². The first-order chi connectivity index (χ1) is 20.8. The van der Waals surface area contributed by atoms with Gasteiger partial charge in [-0.25, -0.2) is 0 Å². The van der Waals surface area contributed by atoms with Crippen LogP contribution in [-0.4, -0.2) is 42.1 Å². The van der Waals surface area contributed by atoms with Gasteiger partial charge in [0.15, 0.2) is 29.7 Å². The lowest BCUT2D eigenvalue weighted by atomic mass is 9.63. The zero-order chi connectivity index (χ0) is 31.8. The van der Waals surface area contributed by atoms with E-state index in [1.165, 1.54) is 0 Å². The van der Waals surface area contributed by atoms with Gasteiger partial charge < -0.3 is 19.7 Å². The number of halogens is 1. The molecule has 8 heteroatoms. The van der Waals surface area contributed by atoms with E-state index in [2.05, 4.69) is 44.8 Å². The van der Waals surface area contributed by atoms with Gasteiger partial charge in [0.2, 0.25) is 0 Å². The maximum Gasteiger partial charge on any atom is 0.262 e. The zero-order valence-corrected chi connectivity index (χ0v) is 27.4. The molecule has 1 amide bonds. The van der Waals surface area contributed by atoms with Gasteiger partial charge in [-0.1, -0.05) is 52.3 Å². The second-order valence-electron chi connectivity index (χ2n) is 13.7. The molecule has 0 fully saturated rings. The van der Waals surface area contributed by atoms with Crippen LogP contribution in [0.3, 0.4) is 0 Å². The Morgan fingerprint density at radius 2 is 1.45 bits per heavy atom. The molecule has 0 bridgehead atoms. The van der Waals surface area contributed by atoms with Crippen molar-refractivity contribution >= 4 is 34.8 Å². The van der Waals surface area contributed by atoms with Crippen LogP contribution in [0.5, 0.6) is 11.5 Å². The fourth-order valence-corrected chi connectivity index (χ4v) is 6.97. The number of anilines is 1. The molecule has 3 aliphatic rings. The Bertz CT molecular complexity index is 1480. The van der Waals surface area contributed by atoms with Crippen LogP contribution in [-0.2, 0) is 14.4 Å². The summed E-state index contributed by atoms with van der Waals surface area (Å²) in [6.07, 6.45) is 3.34. The molecule has 0 radical (unpaired) electrons. The first-order valence-electron chi connectivity index (χ1n) is 15.6. The Balaban J connectivity index is 1.53. The van der Waals surface area contributed by atoms with Crippen LogP contribution in [0.2, 0.25) is 5.02 Å². The number of hydrogen-bond acceptors (Lipinski definition) is 6. The SMILES string of the molecule is CCCN1C2=C(C(=O)CC(C)(C)C2)C(c2ccc(OCC(=O)Nc3ccc(Cl)cc3)c(OCC)c2)C2=C1CC(C)(C)CC2=O. The van der Waals surface area contributed by atoms with Gasteiger partial charge in [-0.2, -0.15) is 0 Å². The van der Waals surface area contributed by atoms with Crippen molar-refractivity contribution in [3.05, 3.63) is 75.6 Å². The molecule has 5 rings (SSSR count). The summed E-state index contributed by atoms with van der Waals surface area (Å²) in [5.74, 6) is 0.296. The Labute approximate surface area is 265 Å². The van der Waals surface area contributed by atoms with E-state index >= 15 is 0 Å². The third-order valence-electron chi connectivity index (χ3n) is 8.56. The number of rotatable bonds is 9. The number of amides is 1. The molecule has 1 heterocycles. The van der Waals surface area contributed by atoms with Gasteiger partial charge in [-0.05, 0) is 79.0 Å². The van der Waals surface area contributed by atoms with E-state index in [-0.39, 0.29) is 34.9 Å². The van der Waals surface area contributed by atoms with Gasteiger partial charge in [0.1, 0.15) is 0 Å². The summed E-state index contributed by atoms with van der Waals surface area (Å²) in [5, 5.41) is 3.38. The summed E-state index contributed by atoms with van der Waals surface area (Å²) in [4.78, 5) is 42.9. The third kappa shape index (κ3) is 6.58. The highest BCUT2D eigenvalue weighted by atomic mass is 35.5. The third-order valence-corrected chi connectivity index (χ3v) is 8.81. The molecule has 0 unspecified atom stereocenters. The van der Waals surface area contributed by atoms with Crippen LogP contribution >= 0.6 is 11.6 Å². The molecule has 0 atom stereocenters. The molecule has 0 spiro atoms. The molecule has 1 N–H and O–H groups in total. The number of benzene rings is 2. The predicted octanol–water partition coefficient (Wildman–Crippen LogP) is 7.85. The monoisotopic (exact) mass is 618 g/mol. The number of ether oxygens (including phenoxy) is 2. The van der Waals surface area contributed by atoms with Gasteiger partial charge in [-0.15, -0.1) is 0 Å². The molecule has 1 aliphatic heterocycles. The van der Waals surface area contributed by atoms with E-state index in [1.807, 2.05) is 19.1 Å². The molecule has 2 aromatic rings. The average molecular weight is 619 g/mol. The highest BCUT2D eigenvalue weighted by molar-refractivity contribution is 6.30. The maximum absolute atomic E-state index is 14.0. The van der Waals surface area contributed by atoms with Crippen molar-refractivity contribution < 1.29 is 23.9 Å². The first kappa shape index (κ1) is 31.8. The van der Waals surface area contributed by atoms with Crippen LogP contribution in [0, 0.1) is 10.8 Å². The lowest BCUT2D eigenvalue weighted by molar-refractivity contribution is -0.120. The normalized spacial score (nSPS) is 19.5. The number of nitrogens with zero attached hydrogens (tertiary/aromatic N) is 1. The van der Waals surface area contributed by atoms with Crippen LogP contribution < -0.4 is 14.8 Å². The molecule has 2 aromatic carbocycles. The smallest absolute Gasteiger partial charge is 0.262 e. The van der Waals surface area contributed by atoms with Gasteiger partial charge in [-0.3, -0.25) is 14.4 Å². The number of carbonyl (C=O) groups excluding carboxylic acids is 3. The quantitative estimate of drug-likeness (QED) is 0.308. The molecular weight excluding hydrogens is 576 g/mol. The van der Waals surface area contributed by atoms with Crippen molar-refractivity contribution in [1.29, 1.82) is 0 Å². The highest BCUT2D eigenvalue weighted by Crippen LogP contribution is 2.55. The Kier molecular flexibility index (Phi) is 8.99. The van der Waals surface area contributed by atoms with E-state index in [9.17, 15) is 14.4 Å². The number of allylic oxidation sites excluding steroid dienone is 4. The Morgan fingerprint density at radius 3 is 2.00 bits per heavy atom. The lowest BCUT2D eigenvalue weighted by Gasteiger charge is -2.49. The van der Waals surface area contributed by atoms with Crippen molar-refractivity contribution in [1.82, 2.24) is 4.90 Å². The summed E-state index contributed by atoms with van der Waals surface area (Å²) in [6, 6.07) is 12.4. The van der Waals surface area contributed by atoms with E-state index in [1.54, 1.807) is 30.3 Å². The van der Waals surface area contributed by atoms with Crippen molar-refractivity contribution in [2.45, 2.75) is 79.6 Å². The first-order valence-corrected chi connectivity index (χ1v) is 15.9. The largest absolute Gasteiger partial charge is 0.490 e. The van der Waals surface area contributed by atoms with Crippen molar-refractivity contribution in [3.63, 3.8) is 0 Å². The average Bonchev–Trinajstić information content (AvgIpc) is 2.93. The standard InChI is InChI=1S/C36H43ClN2O5/c1-7-15-39-25-17-35(3,4)19-27(40)33(25)32(34-26(39)18-36(5,6)20-28(34)41)22-9-14-29(30(16-22)43-8-2)44-21-31(42)38-24-12-10-23(37)11-13-24/h9-14,16,32H,7-8,15,17-21H2,1-6H3,(H,38,42). The van der Waals surface area contributed by atoms with Crippen molar-refractivity contribution in [2.24, 2.45) is 10.8 Å². The molecule has 0 saturated heterocycles. The summed E-state index contributed by atoms with van der Waals surface area (Å²) < 4.78 is 11.9. The second-order valence-corrected chi connectivity index (χ2v) is 14.1. The van der Waals surface area contributed by atoms with Crippen LogP contribution in [0.4, 0.5) is 5.69 Å². The highest BCUT2D eigenvalue weighted by Gasteiger charge is 2.48. The molecule has 2 aliphatic carbocycles. The molecule has 7 nitrogen and oxygen atoms in total. The minimum Gasteiger partial charge on any atom is -0.490 e. The van der Waals surface area contributed by atoms with E-state index in [0.29, 0.717) is 41.7 Å². The lowest BCUT2D eigenvalue weighted by Crippen LogP contribution is -2.44. The predicted molar refractivity (Wildman–Crippen MR) is 173 cm³/mol. The molecular formula is C36H43ClN2O5. The van der Waals surface area contributed by atoms with Crippen LogP contribution in [0.25, 0.3) is 0 Å². The van der Waals surface area contributed by atoms with Crippen molar-refractivity contribution in [3.8, 4) is 11.5 Å². The second kappa shape index (κ2) is 12.4. The fourth-order valence-electron chi connectivity index (χ4n) is 6.84. The molecule has 0 aromatic heterocycles. The topological polar surface area (TPSA) is 84.9 Å².